The van der Waals surface area contributed by atoms with Gasteiger partial charge < -0.3 is 0 Å². The van der Waals surface area contributed by atoms with Crippen LogP contribution in [0.25, 0.3) is 0 Å². The van der Waals surface area contributed by atoms with E-state index in [9.17, 15) is 9.18 Å². The number of hydrazone groups is 1. The minimum absolute atomic E-state index is 0.278. The third kappa shape index (κ3) is 3.69. The third-order valence-corrected chi connectivity index (χ3v) is 2.83. The molecule has 2 rings (SSSR count). The van der Waals surface area contributed by atoms with Crippen molar-refractivity contribution in [1.82, 2.24) is 10.4 Å². The van der Waals surface area contributed by atoms with Gasteiger partial charge in [-0.25, -0.2) is 9.82 Å². The molecule has 1 N–H and O–H groups in total. The van der Waals surface area contributed by atoms with Gasteiger partial charge in [-0.05, 0) is 45.8 Å². The standard InChI is InChI=1S/C13H9BrFN3O/c14-10-7-9(4-5-11(10)15)8-17-18-13(19)12-3-1-2-6-16-12/h1-8H,(H,18,19)/b17-8-. The first kappa shape index (κ1) is 13.4. The lowest BCUT2D eigenvalue weighted by Gasteiger charge is -1.99. The van der Waals surface area contributed by atoms with Crippen molar-refractivity contribution in [2.45, 2.75) is 0 Å². The number of hydrogen-bond acceptors (Lipinski definition) is 3. The van der Waals surface area contributed by atoms with E-state index >= 15 is 0 Å². The SMILES string of the molecule is O=C(N/N=C\c1ccc(F)c(Br)c1)c1ccccn1. The molecule has 0 saturated heterocycles. The fraction of sp³-hybridized carbons (Fsp3) is 0. The first-order chi connectivity index (χ1) is 9.16. The third-order valence-electron chi connectivity index (χ3n) is 2.22. The predicted molar refractivity (Wildman–Crippen MR) is 73.4 cm³/mol. The Morgan fingerprint density at radius 2 is 2.21 bits per heavy atom. The molecule has 1 heterocycles. The highest BCUT2D eigenvalue weighted by molar-refractivity contribution is 9.10. The van der Waals surface area contributed by atoms with E-state index in [1.807, 2.05) is 0 Å². The number of nitrogens with zero attached hydrogens (tertiary/aromatic N) is 2. The molecule has 0 spiro atoms. The number of pyridine rings is 1. The topological polar surface area (TPSA) is 54.4 Å². The number of nitrogens with one attached hydrogen (secondary N) is 1. The van der Waals surface area contributed by atoms with Crippen LogP contribution in [-0.2, 0) is 0 Å². The van der Waals surface area contributed by atoms with Crippen LogP contribution in [-0.4, -0.2) is 17.1 Å². The zero-order valence-electron chi connectivity index (χ0n) is 9.68. The van der Waals surface area contributed by atoms with E-state index in [4.69, 9.17) is 0 Å². The molecule has 6 heteroatoms. The number of halogens is 2. The number of benzene rings is 1. The molecule has 96 valence electrons. The molecule has 2 aromatic rings. The van der Waals surface area contributed by atoms with Crippen LogP contribution in [0, 0.1) is 5.82 Å². The molecule has 1 aromatic heterocycles. The maximum atomic E-state index is 13.0. The summed E-state index contributed by atoms with van der Waals surface area (Å²) in [5, 5.41) is 3.78. The van der Waals surface area contributed by atoms with Gasteiger partial charge in [0.05, 0.1) is 10.7 Å². The zero-order valence-corrected chi connectivity index (χ0v) is 11.3. The van der Waals surface area contributed by atoms with Gasteiger partial charge in [0.15, 0.2) is 0 Å². The monoisotopic (exact) mass is 321 g/mol. The lowest BCUT2D eigenvalue weighted by molar-refractivity contribution is 0.0950. The molecule has 1 aromatic carbocycles. The molecule has 0 bridgehead atoms. The van der Waals surface area contributed by atoms with E-state index in [0.717, 1.165) is 0 Å². The minimum atomic E-state index is -0.405. The van der Waals surface area contributed by atoms with E-state index in [1.54, 1.807) is 30.3 Å². The fourth-order valence-electron chi connectivity index (χ4n) is 1.31. The van der Waals surface area contributed by atoms with Gasteiger partial charge in [0, 0.05) is 6.20 Å². The number of carbonyl (C=O) groups excluding carboxylic acids is 1. The molecule has 0 unspecified atom stereocenters. The van der Waals surface area contributed by atoms with Gasteiger partial charge in [-0.2, -0.15) is 5.10 Å². The van der Waals surface area contributed by atoms with Crippen molar-refractivity contribution in [3.8, 4) is 0 Å². The Morgan fingerprint density at radius 1 is 1.37 bits per heavy atom. The highest BCUT2D eigenvalue weighted by Gasteiger charge is 2.03. The maximum absolute atomic E-state index is 13.0. The van der Waals surface area contributed by atoms with Crippen LogP contribution in [0.5, 0.6) is 0 Å². The van der Waals surface area contributed by atoms with Crippen molar-refractivity contribution < 1.29 is 9.18 Å². The van der Waals surface area contributed by atoms with Crippen LogP contribution in [0.2, 0.25) is 0 Å². The number of hydrogen-bond donors (Lipinski definition) is 1. The van der Waals surface area contributed by atoms with Gasteiger partial charge >= 0.3 is 0 Å². The predicted octanol–water partition coefficient (Wildman–Crippen LogP) is 2.75. The van der Waals surface area contributed by atoms with Crippen LogP contribution >= 0.6 is 15.9 Å². The van der Waals surface area contributed by atoms with E-state index in [-0.39, 0.29) is 11.5 Å². The lowest BCUT2D eigenvalue weighted by atomic mass is 10.2. The molecule has 0 aliphatic carbocycles. The summed E-state index contributed by atoms with van der Waals surface area (Å²) in [6.07, 6.45) is 2.95. The van der Waals surface area contributed by atoms with Crippen LogP contribution < -0.4 is 5.43 Å². The summed E-state index contributed by atoms with van der Waals surface area (Å²) in [5.41, 5.74) is 3.28. The van der Waals surface area contributed by atoms with Crippen molar-refractivity contribution in [2.75, 3.05) is 0 Å². The summed E-state index contributed by atoms with van der Waals surface area (Å²) in [5.74, 6) is -0.757. The minimum Gasteiger partial charge on any atom is -0.266 e. The summed E-state index contributed by atoms with van der Waals surface area (Å²) in [7, 11) is 0. The van der Waals surface area contributed by atoms with Crippen LogP contribution in [0.4, 0.5) is 4.39 Å². The Kier molecular flexibility index (Phi) is 4.35. The average molecular weight is 322 g/mol. The van der Waals surface area contributed by atoms with Gasteiger partial charge in [-0.15, -0.1) is 0 Å². The van der Waals surface area contributed by atoms with E-state index in [1.165, 1.54) is 18.5 Å². The molecule has 19 heavy (non-hydrogen) atoms. The van der Waals surface area contributed by atoms with Crippen molar-refractivity contribution in [3.63, 3.8) is 0 Å². The first-order valence-corrected chi connectivity index (χ1v) is 6.15. The number of aromatic nitrogens is 1. The molecule has 0 fully saturated rings. The Labute approximate surface area is 117 Å². The van der Waals surface area contributed by atoms with Gasteiger partial charge in [0.25, 0.3) is 5.91 Å². The Bertz CT molecular complexity index is 617. The molecule has 0 aliphatic heterocycles. The normalized spacial score (nSPS) is 10.6. The van der Waals surface area contributed by atoms with E-state index in [0.29, 0.717) is 10.0 Å². The van der Waals surface area contributed by atoms with Crippen LogP contribution in [0.1, 0.15) is 16.1 Å². The van der Waals surface area contributed by atoms with Crippen LogP contribution in [0.3, 0.4) is 0 Å². The molecule has 0 aliphatic rings. The van der Waals surface area contributed by atoms with Crippen molar-refractivity contribution in [3.05, 3.63) is 64.1 Å². The first-order valence-electron chi connectivity index (χ1n) is 5.36. The molecular weight excluding hydrogens is 313 g/mol. The van der Waals surface area contributed by atoms with E-state index < -0.39 is 5.91 Å². The van der Waals surface area contributed by atoms with Gasteiger partial charge in [0.2, 0.25) is 0 Å². The summed E-state index contributed by atoms with van der Waals surface area (Å²) in [4.78, 5) is 15.5. The second-order valence-corrected chi connectivity index (χ2v) is 4.44. The largest absolute Gasteiger partial charge is 0.289 e. The summed E-state index contributed by atoms with van der Waals surface area (Å²) >= 11 is 3.07. The number of rotatable bonds is 3. The summed E-state index contributed by atoms with van der Waals surface area (Å²) in [6, 6.07) is 9.44. The number of carbonyl (C=O) groups is 1. The highest BCUT2D eigenvalue weighted by atomic mass is 79.9. The van der Waals surface area contributed by atoms with Gasteiger partial charge in [0.1, 0.15) is 11.5 Å². The second-order valence-electron chi connectivity index (χ2n) is 3.59. The van der Waals surface area contributed by atoms with Gasteiger partial charge in [-0.3, -0.25) is 9.78 Å². The Balaban J connectivity index is 2.00. The lowest BCUT2D eigenvalue weighted by Crippen LogP contribution is -2.18. The average Bonchev–Trinajstić information content (AvgIpc) is 2.43. The van der Waals surface area contributed by atoms with Crippen molar-refractivity contribution in [2.24, 2.45) is 5.10 Å². The van der Waals surface area contributed by atoms with E-state index in [2.05, 4.69) is 31.4 Å². The molecule has 0 atom stereocenters. The smallest absolute Gasteiger partial charge is 0.266 e. The molecule has 0 radical (unpaired) electrons. The quantitative estimate of drug-likeness (QED) is 0.698. The fourth-order valence-corrected chi connectivity index (χ4v) is 1.71. The summed E-state index contributed by atoms with van der Waals surface area (Å²) < 4.78 is 13.3. The highest BCUT2D eigenvalue weighted by Crippen LogP contribution is 2.15. The molecule has 4 nitrogen and oxygen atoms in total. The zero-order chi connectivity index (χ0) is 13.7. The second kappa shape index (κ2) is 6.19. The summed E-state index contributed by atoms with van der Waals surface area (Å²) in [6.45, 7) is 0. The molecule has 1 amide bonds. The Morgan fingerprint density at radius 3 is 2.89 bits per heavy atom. The van der Waals surface area contributed by atoms with Crippen molar-refractivity contribution in [1.29, 1.82) is 0 Å². The van der Waals surface area contributed by atoms with Gasteiger partial charge in [-0.1, -0.05) is 12.1 Å². The molecular formula is C13H9BrFN3O. The maximum Gasteiger partial charge on any atom is 0.289 e. The van der Waals surface area contributed by atoms with Crippen LogP contribution in [0.15, 0.2) is 52.2 Å². The van der Waals surface area contributed by atoms with Crippen molar-refractivity contribution >= 4 is 28.1 Å². The Hall–Kier alpha value is -2.08. The number of amides is 1. The molecule has 0 saturated carbocycles.